The minimum absolute atomic E-state index is 0.0251. The lowest BCUT2D eigenvalue weighted by molar-refractivity contribution is -0.129. The van der Waals surface area contributed by atoms with Crippen molar-refractivity contribution in [3.8, 4) is 0 Å². The Bertz CT molecular complexity index is 539. The highest BCUT2D eigenvalue weighted by Crippen LogP contribution is 2.11. The highest BCUT2D eigenvalue weighted by Gasteiger charge is 2.34. The molecule has 1 aliphatic rings. The standard InChI is InChI=1S/C14H17N3O3/c1-3-10-4-6-11(7-5-10)15-12(18)8-17-13(19)9-16(2)14(17)20/h4-7H,3,8-9H2,1-2H3,(H,15,18). The van der Waals surface area contributed by atoms with Gasteiger partial charge < -0.3 is 10.2 Å². The molecule has 1 heterocycles. The normalized spacial score (nSPS) is 14.9. The molecule has 106 valence electrons. The number of aryl methyl sites for hydroxylation is 1. The monoisotopic (exact) mass is 275 g/mol. The molecule has 0 unspecified atom stereocenters. The van der Waals surface area contributed by atoms with E-state index in [1.807, 2.05) is 12.1 Å². The van der Waals surface area contributed by atoms with Crippen molar-refractivity contribution in [1.29, 1.82) is 0 Å². The Morgan fingerprint density at radius 1 is 1.25 bits per heavy atom. The summed E-state index contributed by atoms with van der Waals surface area (Å²) in [5.74, 6) is -0.736. The third kappa shape index (κ3) is 2.96. The highest BCUT2D eigenvalue weighted by atomic mass is 16.2. The van der Waals surface area contributed by atoms with Crippen LogP contribution in [0.15, 0.2) is 24.3 Å². The van der Waals surface area contributed by atoms with Gasteiger partial charge in [0.2, 0.25) is 5.91 Å². The number of rotatable bonds is 4. The third-order valence-electron chi connectivity index (χ3n) is 3.18. The molecule has 2 rings (SSSR count). The Kier molecular flexibility index (Phi) is 4.02. The number of hydrogen-bond acceptors (Lipinski definition) is 3. The number of carbonyl (C=O) groups is 3. The molecule has 0 saturated carbocycles. The first-order chi connectivity index (χ1) is 9.51. The molecule has 20 heavy (non-hydrogen) atoms. The summed E-state index contributed by atoms with van der Waals surface area (Å²) in [5, 5.41) is 2.67. The van der Waals surface area contributed by atoms with Crippen molar-refractivity contribution in [2.45, 2.75) is 13.3 Å². The molecule has 0 spiro atoms. The lowest BCUT2D eigenvalue weighted by Crippen LogP contribution is -2.38. The SMILES string of the molecule is CCc1ccc(NC(=O)CN2C(=O)CN(C)C2=O)cc1. The van der Waals surface area contributed by atoms with Gasteiger partial charge in [-0.1, -0.05) is 19.1 Å². The molecule has 0 atom stereocenters. The predicted molar refractivity (Wildman–Crippen MR) is 74.2 cm³/mol. The van der Waals surface area contributed by atoms with Crippen molar-refractivity contribution in [2.24, 2.45) is 0 Å². The summed E-state index contributed by atoms with van der Waals surface area (Å²) in [5.41, 5.74) is 1.83. The minimum atomic E-state index is -0.438. The molecule has 1 aliphatic heterocycles. The van der Waals surface area contributed by atoms with Gasteiger partial charge in [0.1, 0.15) is 13.1 Å². The number of hydrogen-bond donors (Lipinski definition) is 1. The van der Waals surface area contributed by atoms with E-state index in [9.17, 15) is 14.4 Å². The summed E-state index contributed by atoms with van der Waals surface area (Å²) in [6, 6.07) is 7.02. The van der Waals surface area contributed by atoms with Crippen LogP contribution in [0.2, 0.25) is 0 Å². The number of urea groups is 1. The van der Waals surface area contributed by atoms with Gasteiger partial charge in [0.25, 0.3) is 5.91 Å². The van der Waals surface area contributed by atoms with Gasteiger partial charge in [0.15, 0.2) is 0 Å². The molecule has 6 heteroatoms. The van der Waals surface area contributed by atoms with Crippen LogP contribution >= 0.6 is 0 Å². The Balaban J connectivity index is 1.95. The van der Waals surface area contributed by atoms with Gasteiger partial charge in [-0.25, -0.2) is 4.79 Å². The fourth-order valence-electron chi connectivity index (χ4n) is 1.99. The van der Waals surface area contributed by atoms with Crippen LogP contribution in [0, 0.1) is 0 Å². The van der Waals surface area contributed by atoms with Crippen LogP contribution in [0.4, 0.5) is 10.5 Å². The van der Waals surface area contributed by atoms with Crippen molar-refractivity contribution in [3.05, 3.63) is 29.8 Å². The van der Waals surface area contributed by atoms with E-state index in [0.29, 0.717) is 5.69 Å². The predicted octanol–water partition coefficient (Wildman–Crippen LogP) is 1.08. The molecule has 1 N–H and O–H groups in total. The van der Waals surface area contributed by atoms with Crippen molar-refractivity contribution >= 4 is 23.5 Å². The van der Waals surface area contributed by atoms with Gasteiger partial charge in [-0.3, -0.25) is 14.5 Å². The average molecular weight is 275 g/mol. The van der Waals surface area contributed by atoms with E-state index >= 15 is 0 Å². The summed E-state index contributed by atoms with van der Waals surface area (Å²) in [7, 11) is 1.53. The van der Waals surface area contributed by atoms with Gasteiger partial charge >= 0.3 is 6.03 Å². The van der Waals surface area contributed by atoms with Gasteiger partial charge in [0.05, 0.1) is 0 Å². The lowest BCUT2D eigenvalue weighted by Gasteiger charge is -2.14. The number of likely N-dealkylation sites (N-methyl/N-ethyl adjacent to an activating group) is 1. The highest BCUT2D eigenvalue weighted by molar-refractivity contribution is 6.06. The number of carbonyl (C=O) groups excluding carboxylic acids is 3. The second-order valence-corrected chi connectivity index (χ2v) is 4.72. The van der Waals surface area contributed by atoms with Crippen molar-refractivity contribution in [1.82, 2.24) is 9.80 Å². The van der Waals surface area contributed by atoms with Crippen LogP contribution in [-0.4, -0.2) is 47.8 Å². The zero-order valence-electron chi connectivity index (χ0n) is 11.5. The van der Waals surface area contributed by atoms with E-state index in [0.717, 1.165) is 11.3 Å². The van der Waals surface area contributed by atoms with Crippen molar-refractivity contribution in [3.63, 3.8) is 0 Å². The van der Waals surface area contributed by atoms with Gasteiger partial charge in [-0.05, 0) is 24.1 Å². The smallest absolute Gasteiger partial charge is 0.325 e. The van der Waals surface area contributed by atoms with E-state index in [4.69, 9.17) is 0 Å². The number of nitrogens with one attached hydrogen (secondary N) is 1. The number of amides is 4. The quantitative estimate of drug-likeness (QED) is 0.836. The maximum absolute atomic E-state index is 11.8. The van der Waals surface area contributed by atoms with Gasteiger partial charge in [0, 0.05) is 12.7 Å². The zero-order valence-corrected chi connectivity index (χ0v) is 11.5. The number of anilines is 1. The molecule has 0 radical (unpaired) electrons. The number of imide groups is 1. The maximum atomic E-state index is 11.8. The van der Waals surface area contributed by atoms with Crippen LogP contribution in [0.5, 0.6) is 0 Å². The minimum Gasteiger partial charge on any atom is -0.325 e. The second kappa shape index (κ2) is 5.73. The first kappa shape index (κ1) is 14.0. The second-order valence-electron chi connectivity index (χ2n) is 4.72. The van der Waals surface area contributed by atoms with E-state index < -0.39 is 6.03 Å². The van der Waals surface area contributed by atoms with Gasteiger partial charge in [-0.15, -0.1) is 0 Å². The Morgan fingerprint density at radius 3 is 2.40 bits per heavy atom. The van der Waals surface area contributed by atoms with E-state index in [2.05, 4.69) is 12.2 Å². The van der Waals surface area contributed by atoms with Crippen LogP contribution in [-0.2, 0) is 16.0 Å². The fraction of sp³-hybridized carbons (Fsp3) is 0.357. The average Bonchev–Trinajstić information content (AvgIpc) is 2.66. The molecule has 0 aliphatic carbocycles. The van der Waals surface area contributed by atoms with Crippen molar-refractivity contribution in [2.75, 3.05) is 25.5 Å². The summed E-state index contributed by atoms with van der Waals surface area (Å²) in [6.45, 7) is 1.82. The van der Waals surface area contributed by atoms with Gasteiger partial charge in [-0.2, -0.15) is 0 Å². The van der Waals surface area contributed by atoms with Crippen LogP contribution in [0.25, 0.3) is 0 Å². The molecule has 4 amide bonds. The zero-order chi connectivity index (χ0) is 14.7. The van der Waals surface area contributed by atoms with E-state index in [1.165, 1.54) is 17.5 Å². The first-order valence-electron chi connectivity index (χ1n) is 6.45. The summed E-state index contributed by atoms with van der Waals surface area (Å²) in [6.07, 6.45) is 0.928. The molecular formula is C14H17N3O3. The van der Waals surface area contributed by atoms with E-state index in [-0.39, 0.29) is 24.9 Å². The summed E-state index contributed by atoms with van der Waals surface area (Å²) in [4.78, 5) is 37.3. The Hall–Kier alpha value is -2.37. The molecule has 0 aromatic heterocycles. The lowest BCUT2D eigenvalue weighted by atomic mass is 10.1. The maximum Gasteiger partial charge on any atom is 0.327 e. The fourth-order valence-corrected chi connectivity index (χ4v) is 1.99. The number of nitrogens with zero attached hydrogens (tertiary/aromatic N) is 2. The molecule has 1 aromatic rings. The Morgan fingerprint density at radius 2 is 1.90 bits per heavy atom. The molecule has 0 bridgehead atoms. The largest absolute Gasteiger partial charge is 0.327 e. The number of benzene rings is 1. The van der Waals surface area contributed by atoms with Crippen LogP contribution in [0.3, 0.4) is 0 Å². The summed E-state index contributed by atoms with van der Waals surface area (Å²) < 4.78 is 0. The van der Waals surface area contributed by atoms with Crippen LogP contribution < -0.4 is 5.32 Å². The van der Waals surface area contributed by atoms with E-state index in [1.54, 1.807) is 12.1 Å². The molecule has 1 aromatic carbocycles. The molecular weight excluding hydrogens is 258 g/mol. The topological polar surface area (TPSA) is 69.7 Å². The molecule has 6 nitrogen and oxygen atoms in total. The van der Waals surface area contributed by atoms with Crippen molar-refractivity contribution < 1.29 is 14.4 Å². The summed E-state index contributed by atoms with van der Waals surface area (Å²) >= 11 is 0. The third-order valence-corrected chi connectivity index (χ3v) is 3.18. The molecule has 1 fully saturated rings. The van der Waals surface area contributed by atoms with Crippen LogP contribution in [0.1, 0.15) is 12.5 Å². The Labute approximate surface area is 117 Å². The molecule has 1 saturated heterocycles. The first-order valence-corrected chi connectivity index (χ1v) is 6.45.